The second kappa shape index (κ2) is 5.00. The summed E-state index contributed by atoms with van der Waals surface area (Å²) in [6.45, 7) is 1.67. The maximum absolute atomic E-state index is 12.5. The third-order valence-corrected chi connectivity index (χ3v) is 2.61. The van der Waals surface area contributed by atoms with Crippen molar-refractivity contribution in [2.24, 2.45) is 0 Å². The molecule has 0 bridgehead atoms. The molecule has 2 aromatic heterocycles. The molecular formula is C12H12F3N3O. The van der Waals surface area contributed by atoms with Crippen molar-refractivity contribution >= 4 is 0 Å². The summed E-state index contributed by atoms with van der Waals surface area (Å²) in [7, 11) is 0. The van der Waals surface area contributed by atoms with E-state index in [1.807, 2.05) is 6.92 Å². The number of rotatable bonds is 3. The fourth-order valence-corrected chi connectivity index (χ4v) is 1.62. The largest absolute Gasteiger partial charge is 0.419 e. The third kappa shape index (κ3) is 2.93. The van der Waals surface area contributed by atoms with Crippen molar-refractivity contribution in [2.75, 3.05) is 0 Å². The zero-order chi connectivity index (χ0) is 14.0. The number of aryl methyl sites for hydroxylation is 1. The summed E-state index contributed by atoms with van der Waals surface area (Å²) in [6, 6.07) is 3.21. The Balaban J connectivity index is 2.43. The number of aliphatic hydroxyl groups excluding tert-OH is 1. The zero-order valence-corrected chi connectivity index (χ0v) is 10.1. The lowest BCUT2D eigenvalue weighted by Crippen LogP contribution is -2.04. The van der Waals surface area contributed by atoms with E-state index in [1.54, 1.807) is 6.07 Å². The van der Waals surface area contributed by atoms with E-state index in [-0.39, 0.29) is 12.4 Å². The Hall–Kier alpha value is -1.89. The fraction of sp³-hybridized carbons (Fsp3) is 0.333. The number of pyridine rings is 1. The molecule has 19 heavy (non-hydrogen) atoms. The minimum absolute atomic E-state index is 0.198. The van der Waals surface area contributed by atoms with Gasteiger partial charge in [-0.05, 0) is 24.1 Å². The third-order valence-electron chi connectivity index (χ3n) is 2.61. The molecule has 0 saturated carbocycles. The number of alkyl halides is 3. The molecule has 4 nitrogen and oxygen atoms in total. The highest BCUT2D eigenvalue weighted by molar-refractivity contribution is 5.31. The molecule has 2 aromatic rings. The molecule has 0 aliphatic rings. The van der Waals surface area contributed by atoms with Gasteiger partial charge in [-0.25, -0.2) is 9.67 Å². The van der Waals surface area contributed by atoms with Crippen LogP contribution >= 0.6 is 0 Å². The second-order valence-corrected chi connectivity index (χ2v) is 4.01. The molecule has 102 valence electrons. The van der Waals surface area contributed by atoms with Crippen LogP contribution in [0, 0.1) is 0 Å². The molecule has 2 heterocycles. The van der Waals surface area contributed by atoms with Gasteiger partial charge in [-0.3, -0.25) is 0 Å². The number of aliphatic hydroxyl groups is 1. The zero-order valence-electron chi connectivity index (χ0n) is 10.1. The van der Waals surface area contributed by atoms with E-state index in [4.69, 9.17) is 5.11 Å². The highest BCUT2D eigenvalue weighted by Gasteiger charge is 2.32. The van der Waals surface area contributed by atoms with E-state index in [0.717, 1.165) is 17.1 Å². The van der Waals surface area contributed by atoms with Gasteiger partial charge in [0.25, 0.3) is 0 Å². The van der Waals surface area contributed by atoms with Crippen molar-refractivity contribution in [3.8, 4) is 5.82 Å². The van der Waals surface area contributed by atoms with Gasteiger partial charge < -0.3 is 5.11 Å². The Bertz CT molecular complexity index is 556. The van der Waals surface area contributed by atoms with E-state index in [9.17, 15) is 13.2 Å². The summed E-state index contributed by atoms with van der Waals surface area (Å²) in [6.07, 6.45) is -2.18. The minimum atomic E-state index is -4.43. The van der Waals surface area contributed by atoms with E-state index in [0.29, 0.717) is 17.7 Å². The highest BCUT2D eigenvalue weighted by atomic mass is 19.4. The minimum Gasteiger partial charge on any atom is -0.392 e. The van der Waals surface area contributed by atoms with Crippen LogP contribution < -0.4 is 0 Å². The van der Waals surface area contributed by atoms with Crippen LogP contribution in [0.2, 0.25) is 0 Å². The average molecular weight is 271 g/mol. The van der Waals surface area contributed by atoms with Gasteiger partial charge in [0.2, 0.25) is 0 Å². The predicted octanol–water partition coefficient (Wildman–Crippen LogP) is 2.34. The first kappa shape index (κ1) is 13.5. The molecule has 2 rings (SSSR count). The number of halogens is 3. The summed E-state index contributed by atoms with van der Waals surface area (Å²) in [4.78, 5) is 4.19. The van der Waals surface area contributed by atoms with E-state index in [2.05, 4.69) is 10.1 Å². The lowest BCUT2D eigenvalue weighted by atomic mass is 10.2. The van der Waals surface area contributed by atoms with Crippen molar-refractivity contribution in [1.29, 1.82) is 0 Å². The van der Waals surface area contributed by atoms with Gasteiger partial charge in [-0.1, -0.05) is 6.92 Å². The van der Waals surface area contributed by atoms with Crippen molar-refractivity contribution < 1.29 is 18.3 Å². The van der Waals surface area contributed by atoms with Crippen molar-refractivity contribution in [3.05, 3.63) is 41.3 Å². The standard InChI is InChI=1S/C12H12F3N3O/c1-2-10-3-8(7-19)4-11(17-10)18-6-9(5-16-18)12(13,14)15/h3-6,19H,2,7H2,1H3. The fourth-order valence-electron chi connectivity index (χ4n) is 1.62. The Morgan fingerprint density at radius 1 is 1.32 bits per heavy atom. The van der Waals surface area contributed by atoms with E-state index >= 15 is 0 Å². The van der Waals surface area contributed by atoms with Crippen LogP contribution in [0.25, 0.3) is 5.82 Å². The van der Waals surface area contributed by atoms with Crippen LogP contribution in [0.15, 0.2) is 24.5 Å². The monoisotopic (exact) mass is 271 g/mol. The molecular weight excluding hydrogens is 259 g/mol. The first-order valence-corrected chi connectivity index (χ1v) is 5.67. The summed E-state index contributed by atoms with van der Waals surface area (Å²) < 4.78 is 38.5. The lowest BCUT2D eigenvalue weighted by molar-refractivity contribution is -0.137. The number of hydrogen-bond donors (Lipinski definition) is 1. The van der Waals surface area contributed by atoms with Gasteiger partial charge in [-0.15, -0.1) is 0 Å². The van der Waals surface area contributed by atoms with Gasteiger partial charge in [0, 0.05) is 11.9 Å². The van der Waals surface area contributed by atoms with Crippen LogP contribution in [0.4, 0.5) is 13.2 Å². The molecule has 0 radical (unpaired) electrons. The quantitative estimate of drug-likeness (QED) is 0.932. The molecule has 0 fully saturated rings. The lowest BCUT2D eigenvalue weighted by Gasteiger charge is -2.06. The molecule has 0 aliphatic heterocycles. The summed E-state index contributed by atoms with van der Waals surface area (Å²) in [5, 5.41) is 12.8. The smallest absolute Gasteiger partial charge is 0.392 e. The van der Waals surface area contributed by atoms with Crippen LogP contribution in [0.5, 0.6) is 0 Å². The summed E-state index contributed by atoms with van der Waals surface area (Å²) >= 11 is 0. The SMILES string of the molecule is CCc1cc(CO)cc(-n2cc(C(F)(F)F)cn2)n1. The number of nitrogens with zero attached hydrogens (tertiary/aromatic N) is 3. The van der Waals surface area contributed by atoms with Gasteiger partial charge in [0.1, 0.15) is 0 Å². The average Bonchev–Trinajstić information content (AvgIpc) is 2.87. The topological polar surface area (TPSA) is 50.9 Å². The Morgan fingerprint density at radius 2 is 2.05 bits per heavy atom. The van der Waals surface area contributed by atoms with Crippen molar-refractivity contribution in [2.45, 2.75) is 26.1 Å². The maximum Gasteiger partial charge on any atom is 0.419 e. The molecule has 0 saturated heterocycles. The van der Waals surface area contributed by atoms with Gasteiger partial charge in [0.05, 0.1) is 18.4 Å². The predicted molar refractivity (Wildman–Crippen MR) is 61.7 cm³/mol. The molecule has 0 amide bonds. The molecule has 0 atom stereocenters. The Labute approximate surface area is 107 Å². The van der Waals surface area contributed by atoms with Crippen molar-refractivity contribution in [3.63, 3.8) is 0 Å². The molecule has 1 N–H and O–H groups in total. The van der Waals surface area contributed by atoms with E-state index < -0.39 is 11.7 Å². The molecule has 0 aliphatic carbocycles. The van der Waals surface area contributed by atoms with Crippen LogP contribution in [-0.4, -0.2) is 19.9 Å². The Morgan fingerprint density at radius 3 is 2.58 bits per heavy atom. The first-order valence-electron chi connectivity index (χ1n) is 5.67. The summed E-state index contributed by atoms with van der Waals surface area (Å²) in [5.41, 5.74) is 0.443. The summed E-state index contributed by atoms with van der Waals surface area (Å²) in [5.74, 6) is 0.263. The van der Waals surface area contributed by atoms with Crippen LogP contribution in [0.1, 0.15) is 23.7 Å². The van der Waals surface area contributed by atoms with Gasteiger partial charge >= 0.3 is 6.18 Å². The van der Waals surface area contributed by atoms with Crippen LogP contribution in [-0.2, 0) is 19.2 Å². The molecule has 0 aromatic carbocycles. The number of aromatic nitrogens is 3. The second-order valence-electron chi connectivity index (χ2n) is 4.01. The van der Waals surface area contributed by atoms with Crippen molar-refractivity contribution in [1.82, 2.24) is 14.8 Å². The highest BCUT2D eigenvalue weighted by Crippen LogP contribution is 2.29. The molecule has 7 heteroatoms. The maximum atomic E-state index is 12.5. The molecule has 0 unspecified atom stereocenters. The van der Waals surface area contributed by atoms with Gasteiger partial charge in [0.15, 0.2) is 5.82 Å². The molecule has 0 spiro atoms. The number of hydrogen-bond acceptors (Lipinski definition) is 3. The normalized spacial score (nSPS) is 11.8. The van der Waals surface area contributed by atoms with Gasteiger partial charge in [-0.2, -0.15) is 18.3 Å². The van der Waals surface area contributed by atoms with Crippen LogP contribution in [0.3, 0.4) is 0 Å². The van der Waals surface area contributed by atoms with E-state index in [1.165, 1.54) is 6.07 Å². The first-order chi connectivity index (χ1) is 8.94. The Kier molecular flexibility index (Phi) is 3.57.